The van der Waals surface area contributed by atoms with Crippen molar-refractivity contribution in [1.82, 2.24) is 14.9 Å². The van der Waals surface area contributed by atoms with Crippen LogP contribution in [0, 0.1) is 0 Å². The van der Waals surface area contributed by atoms with Gasteiger partial charge in [-0.05, 0) is 30.5 Å². The van der Waals surface area contributed by atoms with E-state index in [2.05, 4.69) is 4.98 Å². The summed E-state index contributed by atoms with van der Waals surface area (Å²) in [4.78, 5) is 27.8. The lowest BCUT2D eigenvalue weighted by atomic mass is 10.0. The van der Waals surface area contributed by atoms with Gasteiger partial charge in [-0.1, -0.05) is 36.4 Å². The van der Waals surface area contributed by atoms with E-state index < -0.39 is 43.3 Å². The van der Waals surface area contributed by atoms with Gasteiger partial charge in [-0.25, -0.2) is 13.4 Å². The summed E-state index contributed by atoms with van der Waals surface area (Å²) >= 11 is 0. The molecule has 2 aliphatic heterocycles. The molecular weight excluding hydrogens is 495 g/mol. The molecule has 6 rings (SSSR count). The highest BCUT2D eigenvalue weighted by Gasteiger charge is 2.43. The van der Waals surface area contributed by atoms with Gasteiger partial charge in [0, 0.05) is 29.1 Å². The van der Waals surface area contributed by atoms with Crippen LogP contribution < -0.4 is 5.32 Å². The third kappa shape index (κ3) is 3.19. The lowest BCUT2D eigenvalue weighted by Crippen LogP contribution is -2.25. The van der Waals surface area contributed by atoms with E-state index in [0.717, 1.165) is 23.9 Å². The molecule has 1 N–H and O–H groups in total. The number of carbonyl (C=O) groups excluding carboxylic acids is 2. The molecule has 0 aliphatic carbocycles. The number of halogens is 3. The smallest absolute Gasteiger partial charge is 0.347 e. The summed E-state index contributed by atoms with van der Waals surface area (Å²) in [6.45, 7) is 0.641. The predicted octanol–water partition coefficient (Wildman–Crippen LogP) is 4.00. The van der Waals surface area contributed by atoms with Gasteiger partial charge in [0.2, 0.25) is 9.84 Å². The second-order valence-corrected chi connectivity index (χ2v) is 10.5. The van der Waals surface area contributed by atoms with E-state index in [1.165, 1.54) is 24.3 Å². The molecule has 4 aromatic rings. The monoisotopic (exact) mass is 511 g/mol. The Morgan fingerprint density at radius 2 is 1.72 bits per heavy atom. The lowest BCUT2D eigenvalue weighted by molar-refractivity contribution is -0.141. The number of benzene rings is 2. The van der Waals surface area contributed by atoms with E-state index >= 15 is 0 Å². The minimum atomic E-state index is -4.93. The molecule has 0 unspecified atom stereocenters. The summed E-state index contributed by atoms with van der Waals surface area (Å²) in [5.41, 5.74) is 0.101. The number of aryl methyl sites for hydroxylation is 2. The fraction of sp³-hybridized carbons (Fsp3) is 0.160. The van der Waals surface area contributed by atoms with Crippen LogP contribution in [0.15, 0.2) is 64.5 Å². The molecule has 0 bridgehead atoms. The zero-order valence-corrected chi connectivity index (χ0v) is 19.2. The van der Waals surface area contributed by atoms with Crippen LogP contribution in [0.25, 0.3) is 27.4 Å². The summed E-state index contributed by atoms with van der Waals surface area (Å²) in [6.07, 6.45) is -1.65. The highest BCUT2D eigenvalue weighted by atomic mass is 32.2. The largest absolute Gasteiger partial charge is 0.433 e. The summed E-state index contributed by atoms with van der Waals surface area (Å²) in [5.74, 6) is -2.10. The first-order chi connectivity index (χ1) is 17.1. The SMILES string of the molecule is O=C1NC(=O)C(S(=O)(=O)c2cc(C(F)(F)F)nc3ccccc23)=C1c1cn2c3c(cccc13)CCC2. The number of hydrogen-bond donors (Lipinski definition) is 1. The normalized spacial score (nSPS) is 16.3. The van der Waals surface area contributed by atoms with Gasteiger partial charge in [-0.2, -0.15) is 13.2 Å². The maximum Gasteiger partial charge on any atom is 0.433 e. The number of nitrogens with zero attached hydrogens (tertiary/aromatic N) is 2. The Morgan fingerprint density at radius 1 is 0.972 bits per heavy atom. The molecule has 0 atom stereocenters. The van der Waals surface area contributed by atoms with E-state index in [-0.39, 0.29) is 22.0 Å². The Morgan fingerprint density at radius 3 is 2.50 bits per heavy atom. The summed E-state index contributed by atoms with van der Waals surface area (Å²) in [6, 6.07) is 11.3. The van der Waals surface area contributed by atoms with E-state index in [1.54, 1.807) is 18.3 Å². The number of imide groups is 1. The number of sulfone groups is 1. The molecule has 0 fully saturated rings. The number of pyridine rings is 1. The van der Waals surface area contributed by atoms with Crippen molar-refractivity contribution in [3.05, 3.63) is 76.5 Å². The van der Waals surface area contributed by atoms with Crippen molar-refractivity contribution in [3.63, 3.8) is 0 Å². The number of para-hydroxylation sites is 2. The molecule has 0 saturated heterocycles. The fourth-order valence-electron chi connectivity index (χ4n) is 5.02. The van der Waals surface area contributed by atoms with Crippen molar-refractivity contribution in [2.45, 2.75) is 30.5 Å². The van der Waals surface area contributed by atoms with Crippen LogP contribution in [0.4, 0.5) is 13.2 Å². The number of amides is 2. The lowest BCUT2D eigenvalue weighted by Gasteiger charge is -2.14. The maximum atomic E-state index is 13.9. The van der Waals surface area contributed by atoms with Crippen LogP contribution >= 0.6 is 0 Å². The van der Waals surface area contributed by atoms with Crippen molar-refractivity contribution < 1.29 is 31.2 Å². The number of aromatic nitrogens is 2. The van der Waals surface area contributed by atoms with Crippen LogP contribution in [-0.4, -0.2) is 29.8 Å². The molecule has 0 saturated carbocycles. The van der Waals surface area contributed by atoms with Gasteiger partial charge < -0.3 is 4.57 Å². The Bertz CT molecular complexity index is 1790. The quantitative estimate of drug-likeness (QED) is 0.420. The van der Waals surface area contributed by atoms with Crippen molar-refractivity contribution in [1.29, 1.82) is 0 Å². The Labute approximate surface area is 202 Å². The third-order valence-corrected chi connectivity index (χ3v) is 8.35. The average Bonchev–Trinajstić information content (AvgIpc) is 3.35. The second-order valence-electron chi connectivity index (χ2n) is 8.66. The van der Waals surface area contributed by atoms with Gasteiger partial charge in [-0.15, -0.1) is 0 Å². The fourth-order valence-corrected chi connectivity index (χ4v) is 6.73. The molecule has 2 aliphatic rings. The van der Waals surface area contributed by atoms with Crippen molar-refractivity contribution in [3.8, 4) is 0 Å². The first kappa shape index (κ1) is 22.5. The molecule has 7 nitrogen and oxygen atoms in total. The first-order valence-corrected chi connectivity index (χ1v) is 12.5. The molecule has 0 spiro atoms. The summed E-state index contributed by atoms with van der Waals surface area (Å²) in [7, 11) is -4.89. The zero-order valence-electron chi connectivity index (χ0n) is 18.4. The topological polar surface area (TPSA) is 98.1 Å². The molecule has 11 heteroatoms. The first-order valence-electron chi connectivity index (χ1n) is 11.0. The number of carbonyl (C=O) groups is 2. The number of nitrogens with one attached hydrogen (secondary N) is 1. The zero-order chi connectivity index (χ0) is 25.4. The van der Waals surface area contributed by atoms with E-state index in [9.17, 15) is 31.2 Å². The summed E-state index contributed by atoms with van der Waals surface area (Å²) in [5, 5.41) is 2.53. The number of hydrogen-bond acceptors (Lipinski definition) is 5. The van der Waals surface area contributed by atoms with E-state index in [4.69, 9.17) is 0 Å². The number of alkyl halides is 3. The molecule has 2 aromatic heterocycles. The van der Waals surface area contributed by atoms with Gasteiger partial charge >= 0.3 is 6.18 Å². The average molecular weight is 511 g/mol. The van der Waals surface area contributed by atoms with Crippen molar-refractivity contribution in [2.75, 3.05) is 0 Å². The Hall–Kier alpha value is -3.99. The Kier molecular flexibility index (Phi) is 4.68. The van der Waals surface area contributed by atoms with Crippen LogP contribution in [-0.2, 0) is 38.6 Å². The van der Waals surface area contributed by atoms with E-state index in [0.29, 0.717) is 18.0 Å². The molecular formula is C25H16F3N3O4S. The molecule has 2 amide bonds. The van der Waals surface area contributed by atoms with E-state index in [1.807, 2.05) is 16.0 Å². The predicted molar refractivity (Wildman–Crippen MR) is 124 cm³/mol. The van der Waals surface area contributed by atoms with Crippen LogP contribution in [0.1, 0.15) is 23.2 Å². The molecule has 4 heterocycles. The van der Waals surface area contributed by atoms with Crippen LogP contribution in [0.2, 0.25) is 0 Å². The standard InChI is InChI=1S/C25H16F3N3O4S/c26-25(27,28)19-11-18(15-7-1-2-9-17(15)29-19)36(34,35)22-20(23(32)30-24(22)33)16-12-31-10-4-6-13-5-3-8-14(16)21(13)31/h1-3,5,7-9,11-12H,4,6,10H2,(H,30,32,33). The van der Waals surface area contributed by atoms with Gasteiger partial charge in [0.15, 0.2) is 4.91 Å². The molecule has 182 valence electrons. The third-order valence-electron chi connectivity index (χ3n) is 6.51. The number of fused-ring (bicyclic) bond motifs is 1. The second kappa shape index (κ2) is 7.50. The molecule has 0 radical (unpaired) electrons. The summed E-state index contributed by atoms with van der Waals surface area (Å²) < 4.78 is 70.5. The highest BCUT2D eigenvalue weighted by Crippen LogP contribution is 2.40. The van der Waals surface area contributed by atoms with Gasteiger partial charge in [0.1, 0.15) is 5.69 Å². The molecule has 36 heavy (non-hydrogen) atoms. The van der Waals surface area contributed by atoms with Crippen LogP contribution in [0.3, 0.4) is 0 Å². The molecule has 2 aromatic carbocycles. The minimum Gasteiger partial charge on any atom is -0.347 e. The van der Waals surface area contributed by atoms with Crippen molar-refractivity contribution in [2.24, 2.45) is 0 Å². The van der Waals surface area contributed by atoms with Gasteiger partial charge in [0.25, 0.3) is 11.8 Å². The Balaban J connectivity index is 1.68. The number of rotatable bonds is 3. The van der Waals surface area contributed by atoms with Gasteiger partial charge in [-0.3, -0.25) is 14.9 Å². The maximum absolute atomic E-state index is 13.9. The minimum absolute atomic E-state index is 0.0906. The highest BCUT2D eigenvalue weighted by molar-refractivity contribution is 7.96. The van der Waals surface area contributed by atoms with Gasteiger partial charge in [0.05, 0.1) is 21.5 Å². The van der Waals surface area contributed by atoms with Crippen molar-refractivity contribution >= 4 is 49.0 Å². The van der Waals surface area contributed by atoms with Crippen LogP contribution in [0.5, 0.6) is 0 Å².